The number of amides is 1. The number of hydrogen-bond acceptors (Lipinski definition) is 6. The molecule has 2 aliphatic rings. The number of thiophene rings is 1. The standard InChI is InChI=1S/C15H19N5OS/c21-14-10(3-1-2-5-17-14)20-13-12-9-4-6-16-7-11(9)22-15(12)19-8-18-13/h8,10,16H,1-7H2,(H,17,21)(H,18,19,20)/t10-/m0/s1. The third kappa shape index (κ3) is 2.44. The molecule has 3 N–H and O–H groups in total. The van der Waals surface area contributed by atoms with E-state index < -0.39 is 0 Å². The Bertz CT molecular complexity index is 713. The Morgan fingerprint density at radius 2 is 2.23 bits per heavy atom. The Kier molecular flexibility index (Phi) is 3.67. The third-order valence-electron chi connectivity index (χ3n) is 4.35. The lowest BCUT2D eigenvalue weighted by Gasteiger charge is -2.18. The fourth-order valence-corrected chi connectivity index (χ4v) is 4.37. The first kappa shape index (κ1) is 13.9. The summed E-state index contributed by atoms with van der Waals surface area (Å²) in [5.74, 6) is 0.890. The second-order valence-electron chi connectivity index (χ2n) is 5.82. The summed E-state index contributed by atoms with van der Waals surface area (Å²) in [6.45, 7) is 2.66. The Morgan fingerprint density at radius 1 is 1.27 bits per heavy atom. The van der Waals surface area contributed by atoms with Crippen molar-refractivity contribution in [3.8, 4) is 0 Å². The van der Waals surface area contributed by atoms with Gasteiger partial charge in [0, 0.05) is 18.0 Å². The van der Waals surface area contributed by atoms with Gasteiger partial charge < -0.3 is 16.0 Å². The summed E-state index contributed by atoms with van der Waals surface area (Å²) in [5.41, 5.74) is 1.34. The lowest BCUT2D eigenvalue weighted by atomic mass is 10.1. The van der Waals surface area contributed by atoms with Crippen molar-refractivity contribution in [2.24, 2.45) is 0 Å². The first-order valence-electron chi connectivity index (χ1n) is 7.83. The van der Waals surface area contributed by atoms with Crippen molar-refractivity contribution < 1.29 is 4.79 Å². The molecular formula is C15H19N5OS. The minimum absolute atomic E-state index is 0.0787. The van der Waals surface area contributed by atoms with Gasteiger partial charge >= 0.3 is 0 Å². The Labute approximate surface area is 132 Å². The van der Waals surface area contributed by atoms with Crippen molar-refractivity contribution in [3.05, 3.63) is 16.8 Å². The van der Waals surface area contributed by atoms with Gasteiger partial charge in [-0.15, -0.1) is 11.3 Å². The average Bonchev–Trinajstić information content (AvgIpc) is 2.81. The molecule has 0 unspecified atom stereocenters. The van der Waals surface area contributed by atoms with Crippen LogP contribution in [-0.4, -0.2) is 35.0 Å². The molecule has 2 aromatic rings. The van der Waals surface area contributed by atoms with Crippen molar-refractivity contribution in [1.29, 1.82) is 0 Å². The average molecular weight is 317 g/mol. The summed E-state index contributed by atoms with van der Waals surface area (Å²) < 4.78 is 0. The van der Waals surface area contributed by atoms with Crippen LogP contribution in [0.25, 0.3) is 10.2 Å². The number of fused-ring (bicyclic) bond motifs is 3. The van der Waals surface area contributed by atoms with Gasteiger partial charge in [0.25, 0.3) is 0 Å². The van der Waals surface area contributed by atoms with Crippen LogP contribution < -0.4 is 16.0 Å². The number of carbonyl (C=O) groups excluding carboxylic acids is 1. The molecule has 1 saturated heterocycles. The smallest absolute Gasteiger partial charge is 0.242 e. The highest BCUT2D eigenvalue weighted by molar-refractivity contribution is 7.19. The van der Waals surface area contributed by atoms with Gasteiger partial charge in [-0.1, -0.05) is 0 Å². The van der Waals surface area contributed by atoms with Crippen molar-refractivity contribution in [2.45, 2.75) is 38.3 Å². The zero-order valence-electron chi connectivity index (χ0n) is 12.3. The molecule has 2 aromatic heterocycles. The molecule has 1 atom stereocenters. The van der Waals surface area contributed by atoms with E-state index in [0.29, 0.717) is 0 Å². The van der Waals surface area contributed by atoms with E-state index in [2.05, 4.69) is 25.9 Å². The van der Waals surface area contributed by atoms with Crippen LogP contribution in [0.2, 0.25) is 0 Å². The SMILES string of the molecule is O=C1NCCCC[C@@H]1Nc1ncnc2sc3c(c12)CCNC3. The monoisotopic (exact) mass is 317 g/mol. The van der Waals surface area contributed by atoms with Gasteiger partial charge in [-0.05, 0) is 37.8 Å². The largest absolute Gasteiger partial charge is 0.358 e. The summed E-state index contributed by atoms with van der Waals surface area (Å²) in [6, 6.07) is -0.196. The predicted molar refractivity (Wildman–Crippen MR) is 87.1 cm³/mol. The lowest BCUT2D eigenvalue weighted by Crippen LogP contribution is -2.38. The zero-order chi connectivity index (χ0) is 14.9. The van der Waals surface area contributed by atoms with E-state index >= 15 is 0 Å². The summed E-state index contributed by atoms with van der Waals surface area (Å²) in [5, 5.41) is 10.8. The lowest BCUT2D eigenvalue weighted by molar-refractivity contribution is -0.121. The molecule has 0 aliphatic carbocycles. The molecule has 1 amide bonds. The number of nitrogens with one attached hydrogen (secondary N) is 3. The van der Waals surface area contributed by atoms with Crippen LogP contribution in [0.5, 0.6) is 0 Å². The molecule has 4 heterocycles. The molecule has 1 fully saturated rings. The molecule has 0 aromatic carbocycles. The molecule has 7 heteroatoms. The first-order valence-corrected chi connectivity index (χ1v) is 8.65. The van der Waals surface area contributed by atoms with Gasteiger partial charge in [-0.3, -0.25) is 4.79 Å². The first-order chi connectivity index (χ1) is 10.8. The molecule has 22 heavy (non-hydrogen) atoms. The minimum atomic E-state index is -0.196. The normalized spacial score (nSPS) is 22.0. The van der Waals surface area contributed by atoms with Crippen LogP contribution in [0, 0.1) is 0 Å². The van der Waals surface area contributed by atoms with E-state index in [1.54, 1.807) is 17.7 Å². The molecule has 0 radical (unpaired) electrons. The Morgan fingerprint density at radius 3 is 3.18 bits per heavy atom. The molecule has 4 rings (SSSR count). The molecule has 0 bridgehead atoms. The van der Waals surface area contributed by atoms with Gasteiger partial charge in [0.05, 0.1) is 5.39 Å². The highest BCUT2D eigenvalue weighted by Crippen LogP contribution is 2.35. The summed E-state index contributed by atoms with van der Waals surface area (Å²) in [7, 11) is 0. The maximum atomic E-state index is 12.2. The second-order valence-corrected chi connectivity index (χ2v) is 6.90. The fraction of sp³-hybridized carbons (Fsp3) is 0.533. The van der Waals surface area contributed by atoms with Gasteiger partial charge in [0.2, 0.25) is 5.91 Å². The molecule has 116 valence electrons. The van der Waals surface area contributed by atoms with Crippen LogP contribution in [0.3, 0.4) is 0 Å². The van der Waals surface area contributed by atoms with Crippen molar-refractivity contribution in [2.75, 3.05) is 18.4 Å². The quantitative estimate of drug-likeness (QED) is 0.781. The van der Waals surface area contributed by atoms with Crippen LogP contribution >= 0.6 is 11.3 Å². The third-order valence-corrected chi connectivity index (χ3v) is 5.49. The van der Waals surface area contributed by atoms with Gasteiger partial charge in [-0.25, -0.2) is 9.97 Å². The van der Waals surface area contributed by atoms with E-state index in [1.165, 1.54) is 10.4 Å². The van der Waals surface area contributed by atoms with E-state index in [4.69, 9.17) is 0 Å². The van der Waals surface area contributed by atoms with Crippen molar-refractivity contribution in [1.82, 2.24) is 20.6 Å². The zero-order valence-corrected chi connectivity index (χ0v) is 13.1. The maximum absolute atomic E-state index is 12.2. The van der Waals surface area contributed by atoms with Crippen LogP contribution in [0.1, 0.15) is 29.7 Å². The number of carbonyl (C=O) groups is 1. The minimum Gasteiger partial charge on any atom is -0.358 e. The summed E-state index contributed by atoms with van der Waals surface area (Å²) in [4.78, 5) is 23.4. The summed E-state index contributed by atoms with van der Waals surface area (Å²) in [6.07, 6.45) is 5.53. The van der Waals surface area contributed by atoms with Crippen molar-refractivity contribution >= 4 is 33.3 Å². The number of anilines is 1. The molecular weight excluding hydrogens is 298 g/mol. The highest BCUT2D eigenvalue weighted by atomic mass is 32.1. The molecule has 0 spiro atoms. The van der Waals surface area contributed by atoms with E-state index in [0.717, 1.165) is 61.4 Å². The van der Waals surface area contributed by atoms with Crippen LogP contribution in [0.4, 0.5) is 5.82 Å². The van der Waals surface area contributed by atoms with E-state index in [1.807, 2.05) is 0 Å². The number of aromatic nitrogens is 2. The second kappa shape index (κ2) is 5.81. The van der Waals surface area contributed by atoms with Crippen LogP contribution in [-0.2, 0) is 17.8 Å². The number of hydrogen-bond donors (Lipinski definition) is 3. The Balaban J connectivity index is 1.71. The molecule has 6 nitrogen and oxygen atoms in total. The topological polar surface area (TPSA) is 78.9 Å². The molecule has 0 saturated carbocycles. The van der Waals surface area contributed by atoms with Gasteiger partial charge in [0.1, 0.15) is 23.0 Å². The van der Waals surface area contributed by atoms with E-state index in [9.17, 15) is 4.79 Å². The van der Waals surface area contributed by atoms with E-state index in [-0.39, 0.29) is 11.9 Å². The maximum Gasteiger partial charge on any atom is 0.242 e. The fourth-order valence-electron chi connectivity index (χ4n) is 3.21. The number of rotatable bonds is 2. The molecule has 2 aliphatic heterocycles. The van der Waals surface area contributed by atoms with Gasteiger partial charge in [0.15, 0.2) is 0 Å². The predicted octanol–water partition coefficient (Wildman–Crippen LogP) is 1.42. The highest BCUT2D eigenvalue weighted by Gasteiger charge is 2.24. The van der Waals surface area contributed by atoms with Gasteiger partial charge in [-0.2, -0.15) is 0 Å². The number of nitrogens with zero attached hydrogens (tertiary/aromatic N) is 2. The summed E-state index contributed by atoms with van der Waals surface area (Å²) >= 11 is 1.73. The van der Waals surface area contributed by atoms with Crippen LogP contribution in [0.15, 0.2) is 6.33 Å². The van der Waals surface area contributed by atoms with Crippen molar-refractivity contribution in [3.63, 3.8) is 0 Å². The Hall–Kier alpha value is -1.73.